The van der Waals surface area contributed by atoms with E-state index in [0.717, 1.165) is 0 Å². The molecule has 0 fully saturated rings. The van der Waals surface area contributed by atoms with Crippen molar-refractivity contribution >= 4 is 35.7 Å². The minimum Gasteiger partial charge on any atom is -0.496 e. The Morgan fingerprint density at radius 1 is 1.08 bits per heavy atom. The van der Waals surface area contributed by atoms with Gasteiger partial charge in [-0.1, -0.05) is 17.7 Å². The molecule has 36 heavy (non-hydrogen) atoms. The second-order valence-electron chi connectivity index (χ2n) is 7.44. The van der Waals surface area contributed by atoms with Crippen LogP contribution in [0, 0.1) is 0 Å². The number of hydrazone groups is 1. The summed E-state index contributed by atoms with van der Waals surface area (Å²) in [5.41, 5.74) is 4.13. The van der Waals surface area contributed by atoms with Crippen LogP contribution in [0.2, 0.25) is 5.02 Å². The molecule has 12 heteroatoms. The zero-order chi connectivity index (χ0) is 26.2. The van der Waals surface area contributed by atoms with E-state index in [1.165, 1.54) is 27.5 Å². The molecule has 11 nitrogen and oxygen atoms in total. The van der Waals surface area contributed by atoms with E-state index in [-0.39, 0.29) is 17.9 Å². The van der Waals surface area contributed by atoms with Crippen molar-refractivity contribution in [2.45, 2.75) is 13.0 Å². The maximum Gasteiger partial charge on any atom is 0.337 e. The summed E-state index contributed by atoms with van der Waals surface area (Å²) in [6, 6.07) is 8.59. The van der Waals surface area contributed by atoms with Crippen molar-refractivity contribution in [1.82, 2.24) is 16.1 Å². The second kappa shape index (κ2) is 11.9. The lowest BCUT2D eigenvalue weighted by Crippen LogP contribution is -2.45. The molecule has 1 heterocycles. The van der Waals surface area contributed by atoms with E-state index in [4.69, 9.17) is 30.5 Å². The van der Waals surface area contributed by atoms with Gasteiger partial charge in [-0.25, -0.2) is 15.0 Å². The van der Waals surface area contributed by atoms with Crippen molar-refractivity contribution in [3.63, 3.8) is 0 Å². The third kappa shape index (κ3) is 6.25. The Morgan fingerprint density at radius 3 is 2.50 bits per heavy atom. The molecule has 0 unspecified atom stereocenters. The molecule has 0 radical (unpaired) electrons. The molecule has 3 amide bonds. The van der Waals surface area contributed by atoms with Gasteiger partial charge in [-0.3, -0.25) is 4.79 Å². The fourth-order valence-corrected chi connectivity index (χ4v) is 3.64. The van der Waals surface area contributed by atoms with Gasteiger partial charge >= 0.3 is 12.0 Å². The minimum absolute atomic E-state index is 0.251. The number of nitrogens with one attached hydrogen (secondary N) is 3. The first-order valence-electron chi connectivity index (χ1n) is 10.6. The van der Waals surface area contributed by atoms with Crippen molar-refractivity contribution in [2.24, 2.45) is 5.10 Å². The normalized spacial score (nSPS) is 15.1. The standard InChI is InChI=1S/C24H25ClN4O7/c1-13-21(23(31)35-4)22(28-24(32)27-13)14-5-7-18(19(10-14)34-3)36-12-20(30)29-26-11-15-9-16(25)6-8-17(15)33-2/h5-11,22H,12H2,1-4H3,(H,29,30)(H2,27,28,32)/b26-11-/t22-/m1/s1. The average molecular weight is 517 g/mol. The van der Waals surface area contributed by atoms with Gasteiger partial charge in [0, 0.05) is 16.3 Å². The maximum atomic E-state index is 12.3. The summed E-state index contributed by atoms with van der Waals surface area (Å²) in [6.45, 7) is 1.26. The Labute approximate surface area is 212 Å². The van der Waals surface area contributed by atoms with Gasteiger partial charge in [0.2, 0.25) is 0 Å². The fraction of sp³-hybridized carbons (Fsp3) is 0.250. The number of benzene rings is 2. The average Bonchev–Trinajstić information content (AvgIpc) is 2.86. The third-order valence-corrected chi connectivity index (χ3v) is 5.37. The molecular formula is C24H25ClN4O7. The minimum atomic E-state index is -0.768. The van der Waals surface area contributed by atoms with Gasteiger partial charge in [0.15, 0.2) is 18.1 Å². The zero-order valence-corrected chi connectivity index (χ0v) is 20.8. The molecule has 1 aliphatic heterocycles. The molecule has 0 bridgehead atoms. The number of amides is 3. The van der Waals surface area contributed by atoms with E-state index in [0.29, 0.717) is 33.3 Å². The molecule has 3 N–H and O–H groups in total. The molecule has 0 saturated heterocycles. The van der Waals surface area contributed by atoms with Crippen LogP contribution in [0.1, 0.15) is 24.1 Å². The van der Waals surface area contributed by atoms with Gasteiger partial charge in [0.25, 0.3) is 5.91 Å². The molecule has 1 atom stereocenters. The summed E-state index contributed by atoms with van der Waals surface area (Å²) in [4.78, 5) is 36.5. The van der Waals surface area contributed by atoms with Crippen LogP contribution in [-0.2, 0) is 14.3 Å². The molecule has 3 rings (SSSR count). The van der Waals surface area contributed by atoms with E-state index in [1.807, 2.05) is 0 Å². The number of urea groups is 1. The highest BCUT2D eigenvalue weighted by molar-refractivity contribution is 6.30. The SMILES string of the molecule is COC(=O)C1=C(C)NC(=O)N[C@@H]1c1ccc(OCC(=O)N/N=C\c2cc(Cl)ccc2OC)c(OC)c1. The number of hydrogen-bond donors (Lipinski definition) is 3. The Morgan fingerprint density at radius 2 is 1.81 bits per heavy atom. The van der Waals surface area contributed by atoms with E-state index in [9.17, 15) is 14.4 Å². The van der Waals surface area contributed by atoms with Crippen molar-refractivity contribution in [2.75, 3.05) is 27.9 Å². The number of allylic oxidation sites excluding steroid dienone is 1. The first kappa shape index (κ1) is 26.4. The fourth-order valence-electron chi connectivity index (χ4n) is 3.46. The lowest BCUT2D eigenvalue weighted by Gasteiger charge is -2.28. The first-order chi connectivity index (χ1) is 17.3. The van der Waals surface area contributed by atoms with Crippen molar-refractivity contribution < 1.29 is 33.3 Å². The van der Waals surface area contributed by atoms with Crippen LogP contribution in [0.4, 0.5) is 4.79 Å². The summed E-state index contributed by atoms with van der Waals surface area (Å²) < 4.78 is 21.0. The smallest absolute Gasteiger partial charge is 0.337 e. The van der Waals surface area contributed by atoms with E-state index in [1.54, 1.807) is 43.3 Å². The second-order valence-corrected chi connectivity index (χ2v) is 7.88. The number of hydrogen-bond acceptors (Lipinski definition) is 8. The Balaban J connectivity index is 1.69. The molecular weight excluding hydrogens is 492 g/mol. The van der Waals surface area contributed by atoms with Gasteiger partial charge in [-0.2, -0.15) is 5.10 Å². The van der Waals surface area contributed by atoms with Gasteiger partial charge in [-0.15, -0.1) is 0 Å². The number of carbonyl (C=O) groups excluding carboxylic acids is 3. The van der Waals surface area contributed by atoms with E-state index in [2.05, 4.69) is 21.2 Å². The van der Waals surface area contributed by atoms with Crippen LogP contribution in [0.15, 0.2) is 52.8 Å². The summed E-state index contributed by atoms with van der Waals surface area (Å²) in [7, 11) is 4.20. The molecule has 0 spiro atoms. The number of carbonyl (C=O) groups is 3. The highest BCUT2D eigenvalue weighted by Crippen LogP contribution is 2.34. The zero-order valence-electron chi connectivity index (χ0n) is 20.0. The van der Waals surface area contributed by atoms with Crippen LogP contribution < -0.4 is 30.3 Å². The lowest BCUT2D eigenvalue weighted by molar-refractivity contribution is -0.136. The van der Waals surface area contributed by atoms with Crippen LogP contribution in [0.25, 0.3) is 0 Å². The molecule has 190 valence electrons. The largest absolute Gasteiger partial charge is 0.496 e. The maximum absolute atomic E-state index is 12.3. The number of ether oxygens (including phenoxy) is 4. The van der Waals surface area contributed by atoms with Crippen LogP contribution >= 0.6 is 11.6 Å². The van der Waals surface area contributed by atoms with Gasteiger partial charge in [-0.05, 0) is 42.8 Å². The quantitative estimate of drug-likeness (QED) is 0.265. The number of halogens is 1. The number of nitrogens with zero attached hydrogens (tertiary/aromatic N) is 1. The first-order valence-corrected chi connectivity index (χ1v) is 11.0. The Hall–Kier alpha value is -4.25. The lowest BCUT2D eigenvalue weighted by atomic mass is 9.95. The summed E-state index contributed by atoms with van der Waals surface area (Å²) in [5.74, 6) is 0.0100. The highest BCUT2D eigenvalue weighted by Gasteiger charge is 2.32. The van der Waals surface area contributed by atoms with Gasteiger partial charge < -0.3 is 29.6 Å². The molecule has 0 saturated carbocycles. The van der Waals surface area contributed by atoms with Crippen molar-refractivity contribution in [3.8, 4) is 17.2 Å². The highest BCUT2D eigenvalue weighted by atomic mass is 35.5. The summed E-state index contributed by atoms with van der Waals surface area (Å²) in [5, 5.41) is 9.65. The topological polar surface area (TPSA) is 137 Å². The summed E-state index contributed by atoms with van der Waals surface area (Å²) in [6.07, 6.45) is 1.40. The molecule has 0 aliphatic carbocycles. The summed E-state index contributed by atoms with van der Waals surface area (Å²) >= 11 is 5.98. The third-order valence-electron chi connectivity index (χ3n) is 5.14. The molecule has 2 aromatic carbocycles. The molecule has 2 aromatic rings. The van der Waals surface area contributed by atoms with Crippen molar-refractivity contribution in [3.05, 3.63) is 63.8 Å². The van der Waals surface area contributed by atoms with Crippen LogP contribution in [0.5, 0.6) is 17.2 Å². The number of methoxy groups -OCH3 is 3. The Kier molecular flexibility index (Phi) is 8.74. The number of esters is 1. The Bertz CT molecular complexity index is 1230. The van der Waals surface area contributed by atoms with Gasteiger partial charge in [0.1, 0.15) is 5.75 Å². The monoisotopic (exact) mass is 516 g/mol. The number of rotatable bonds is 9. The predicted octanol–water partition coefficient (Wildman–Crippen LogP) is 2.69. The van der Waals surface area contributed by atoms with E-state index < -0.39 is 23.9 Å². The van der Waals surface area contributed by atoms with Gasteiger partial charge in [0.05, 0.1) is 39.2 Å². The molecule has 1 aliphatic rings. The molecule has 0 aromatic heterocycles. The predicted molar refractivity (Wildman–Crippen MR) is 131 cm³/mol. The van der Waals surface area contributed by atoms with Crippen LogP contribution in [-0.4, -0.2) is 52.1 Å². The van der Waals surface area contributed by atoms with Crippen LogP contribution in [0.3, 0.4) is 0 Å². The van der Waals surface area contributed by atoms with Crippen molar-refractivity contribution in [1.29, 1.82) is 0 Å². The van der Waals surface area contributed by atoms with E-state index >= 15 is 0 Å².